The predicted molar refractivity (Wildman–Crippen MR) is 77.4 cm³/mol. The molecule has 0 spiro atoms. The van der Waals surface area contributed by atoms with Crippen LogP contribution in [0.4, 0.5) is 4.79 Å². The fourth-order valence-electron chi connectivity index (χ4n) is 2.84. The molecule has 2 saturated heterocycles. The van der Waals surface area contributed by atoms with E-state index in [1.165, 1.54) is 0 Å². The van der Waals surface area contributed by atoms with Gasteiger partial charge in [-0.2, -0.15) is 0 Å². The molecule has 1 atom stereocenters. The van der Waals surface area contributed by atoms with E-state index in [0.717, 1.165) is 32.5 Å². The van der Waals surface area contributed by atoms with Gasteiger partial charge in [-0.15, -0.1) is 0 Å². The van der Waals surface area contributed by atoms with Gasteiger partial charge in [0.1, 0.15) is 6.04 Å². The van der Waals surface area contributed by atoms with Gasteiger partial charge in [-0.3, -0.25) is 4.79 Å². The highest BCUT2D eigenvalue weighted by Gasteiger charge is 2.34. The molecule has 2 fully saturated rings. The largest absolute Gasteiger partial charge is 0.355 e. The predicted octanol–water partition coefficient (Wildman–Crippen LogP) is 0.248. The lowest BCUT2D eigenvalue weighted by atomic mass is 9.99. The van der Waals surface area contributed by atoms with Crippen molar-refractivity contribution in [2.75, 3.05) is 39.3 Å². The van der Waals surface area contributed by atoms with E-state index in [2.05, 4.69) is 17.6 Å². The first-order chi connectivity index (χ1) is 9.63. The van der Waals surface area contributed by atoms with Crippen LogP contribution in [0.5, 0.6) is 0 Å². The lowest BCUT2D eigenvalue weighted by Crippen LogP contribution is -2.62. The summed E-state index contributed by atoms with van der Waals surface area (Å²) in [7, 11) is 0. The topological polar surface area (TPSA) is 64.7 Å². The minimum absolute atomic E-state index is 0.0228. The van der Waals surface area contributed by atoms with Gasteiger partial charge in [-0.25, -0.2) is 4.79 Å². The highest BCUT2D eigenvalue weighted by atomic mass is 16.2. The molecule has 2 aliphatic rings. The van der Waals surface area contributed by atoms with Crippen LogP contribution in [0.25, 0.3) is 0 Å². The third-order valence-corrected chi connectivity index (χ3v) is 4.20. The summed E-state index contributed by atoms with van der Waals surface area (Å²) in [5.74, 6) is 0.639. The monoisotopic (exact) mass is 282 g/mol. The Hall–Kier alpha value is -1.30. The summed E-state index contributed by atoms with van der Waals surface area (Å²) in [5.41, 5.74) is 0. The highest BCUT2D eigenvalue weighted by Crippen LogP contribution is 2.18. The lowest BCUT2D eigenvalue weighted by Gasteiger charge is -2.40. The van der Waals surface area contributed by atoms with Gasteiger partial charge in [0.15, 0.2) is 0 Å². The second-order valence-corrected chi connectivity index (χ2v) is 5.76. The quantitative estimate of drug-likeness (QED) is 0.763. The summed E-state index contributed by atoms with van der Waals surface area (Å²) in [6, 6.07) is -0.356. The number of urea groups is 1. The maximum atomic E-state index is 12.6. The molecule has 0 aliphatic carbocycles. The summed E-state index contributed by atoms with van der Waals surface area (Å²) in [6.07, 6.45) is 2.12. The summed E-state index contributed by atoms with van der Waals surface area (Å²) in [6.45, 7) is 8.24. The van der Waals surface area contributed by atoms with Crippen LogP contribution in [0.3, 0.4) is 0 Å². The van der Waals surface area contributed by atoms with Crippen LogP contribution in [0.15, 0.2) is 0 Å². The van der Waals surface area contributed by atoms with Gasteiger partial charge in [0.2, 0.25) is 5.91 Å². The van der Waals surface area contributed by atoms with Crippen molar-refractivity contribution in [1.82, 2.24) is 20.4 Å². The Bertz CT molecular complexity index is 353. The number of hydrogen-bond acceptors (Lipinski definition) is 3. The molecule has 2 N–H and O–H groups in total. The van der Waals surface area contributed by atoms with E-state index in [1.54, 1.807) is 4.90 Å². The van der Waals surface area contributed by atoms with Gasteiger partial charge in [-0.05, 0) is 25.7 Å². The summed E-state index contributed by atoms with van der Waals surface area (Å²) >= 11 is 0. The molecule has 3 amide bonds. The first kappa shape index (κ1) is 15.1. The average molecular weight is 282 g/mol. The molecular formula is C14H26N4O2. The van der Waals surface area contributed by atoms with Gasteiger partial charge >= 0.3 is 6.03 Å². The van der Waals surface area contributed by atoms with Crippen LogP contribution in [0.2, 0.25) is 0 Å². The second-order valence-electron chi connectivity index (χ2n) is 5.76. The summed E-state index contributed by atoms with van der Waals surface area (Å²) < 4.78 is 0. The van der Waals surface area contributed by atoms with Gasteiger partial charge in [0.05, 0.1) is 0 Å². The number of rotatable bonds is 2. The third kappa shape index (κ3) is 3.42. The molecule has 0 radical (unpaired) electrons. The molecule has 20 heavy (non-hydrogen) atoms. The second kappa shape index (κ2) is 6.92. The van der Waals surface area contributed by atoms with E-state index in [0.29, 0.717) is 25.6 Å². The Kier molecular flexibility index (Phi) is 5.23. The van der Waals surface area contributed by atoms with Crippen molar-refractivity contribution >= 4 is 11.9 Å². The zero-order valence-corrected chi connectivity index (χ0v) is 12.5. The maximum Gasteiger partial charge on any atom is 0.320 e. The fourth-order valence-corrected chi connectivity index (χ4v) is 2.84. The summed E-state index contributed by atoms with van der Waals surface area (Å²) in [4.78, 5) is 28.3. The number of carbonyl (C=O) groups is 2. The van der Waals surface area contributed by atoms with E-state index in [-0.39, 0.29) is 18.0 Å². The molecule has 2 heterocycles. The molecule has 0 aromatic carbocycles. The minimum atomic E-state index is -0.379. The van der Waals surface area contributed by atoms with Gasteiger partial charge in [0.25, 0.3) is 0 Å². The van der Waals surface area contributed by atoms with Crippen LogP contribution >= 0.6 is 0 Å². The smallest absolute Gasteiger partial charge is 0.320 e. The van der Waals surface area contributed by atoms with Crippen LogP contribution in [-0.4, -0.2) is 67.0 Å². The van der Waals surface area contributed by atoms with Crippen molar-refractivity contribution in [1.29, 1.82) is 0 Å². The SMILES string of the molecule is CCNC(=O)C1CNCCN1C(=O)N1CCC(C)CC1. The molecular weight excluding hydrogens is 256 g/mol. The number of likely N-dealkylation sites (tertiary alicyclic amines) is 1. The van der Waals surface area contributed by atoms with Crippen LogP contribution in [0.1, 0.15) is 26.7 Å². The first-order valence-corrected chi connectivity index (χ1v) is 7.67. The van der Waals surface area contributed by atoms with Crippen molar-refractivity contribution < 1.29 is 9.59 Å². The van der Waals surface area contributed by atoms with E-state index >= 15 is 0 Å². The number of hydrogen-bond donors (Lipinski definition) is 2. The van der Waals surface area contributed by atoms with Crippen molar-refractivity contribution in [2.45, 2.75) is 32.7 Å². The first-order valence-electron chi connectivity index (χ1n) is 7.67. The Labute approximate surface area is 120 Å². The molecule has 2 aliphatic heterocycles. The lowest BCUT2D eigenvalue weighted by molar-refractivity contribution is -0.126. The molecule has 2 rings (SSSR count). The number of amides is 3. The van der Waals surface area contributed by atoms with Crippen molar-refractivity contribution in [3.05, 3.63) is 0 Å². The van der Waals surface area contributed by atoms with E-state index in [4.69, 9.17) is 0 Å². The number of nitrogens with zero attached hydrogens (tertiary/aromatic N) is 2. The molecule has 6 nitrogen and oxygen atoms in total. The number of likely N-dealkylation sites (N-methyl/N-ethyl adjacent to an activating group) is 1. The van der Waals surface area contributed by atoms with Crippen molar-refractivity contribution in [3.8, 4) is 0 Å². The summed E-state index contributed by atoms with van der Waals surface area (Å²) in [5, 5.41) is 6.01. The number of nitrogens with one attached hydrogen (secondary N) is 2. The van der Waals surface area contributed by atoms with Gasteiger partial charge in [-0.1, -0.05) is 6.92 Å². The van der Waals surface area contributed by atoms with E-state index in [9.17, 15) is 9.59 Å². The normalized spacial score (nSPS) is 24.6. The molecule has 0 aromatic rings. The third-order valence-electron chi connectivity index (χ3n) is 4.20. The zero-order chi connectivity index (χ0) is 14.5. The minimum Gasteiger partial charge on any atom is -0.355 e. The fraction of sp³-hybridized carbons (Fsp3) is 0.857. The highest BCUT2D eigenvalue weighted by molar-refractivity contribution is 5.87. The van der Waals surface area contributed by atoms with Crippen LogP contribution in [0, 0.1) is 5.92 Å². The van der Waals surface area contributed by atoms with E-state index < -0.39 is 0 Å². The Morgan fingerprint density at radius 2 is 1.95 bits per heavy atom. The van der Waals surface area contributed by atoms with Crippen molar-refractivity contribution in [3.63, 3.8) is 0 Å². The van der Waals surface area contributed by atoms with Gasteiger partial charge < -0.3 is 20.4 Å². The Morgan fingerprint density at radius 1 is 1.25 bits per heavy atom. The maximum absolute atomic E-state index is 12.6. The standard InChI is InChI=1S/C14H26N4O2/c1-3-16-13(19)12-10-15-6-9-18(12)14(20)17-7-4-11(2)5-8-17/h11-12,15H,3-10H2,1-2H3,(H,16,19). The molecule has 0 bridgehead atoms. The Morgan fingerprint density at radius 3 is 2.60 bits per heavy atom. The number of carbonyl (C=O) groups excluding carboxylic acids is 2. The van der Waals surface area contributed by atoms with E-state index in [1.807, 2.05) is 11.8 Å². The molecule has 1 unspecified atom stereocenters. The van der Waals surface area contributed by atoms with Crippen LogP contribution < -0.4 is 10.6 Å². The molecule has 0 saturated carbocycles. The molecule has 0 aromatic heterocycles. The molecule has 6 heteroatoms. The number of piperidine rings is 1. The van der Waals surface area contributed by atoms with Crippen LogP contribution in [-0.2, 0) is 4.79 Å². The zero-order valence-electron chi connectivity index (χ0n) is 12.5. The Balaban J connectivity index is 1.99. The average Bonchev–Trinajstić information content (AvgIpc) is 2.47. The van der Waals surface area contributed by atoms with Crippen molar-refractivity contribution in [2.24, 2.45) is 5.92 Å². The number of piperazine rings is 1. The molecule has 114 valence electrons. The van der Waals surface area contributed by atoms with Gasteiger partial charge in [0, 0.05) is 39.3 Å².